The van der Waals surface area contributed by atoms with Crippen LogP contribution in [0.5, 0.6) is 0 Å². The van der Waals surface area contributed by atoms with Crippen molar-refractivity contribution in [1.29, 1.82) is 0 Å². The first kappa shape index (κ1) is 11.5. The SMILES string of the molecule is CC=Cc1nn(CCCO)cc1C(=O)O. The quantitative estimate of drug-likeness (QED) is 0.760. The molecule has 0 fully saturated rings. The maximum atomic E-state index is 10.8. The number of carbonyl (C=O) groups is 1. The van der Waals surface area contributed by atoms with Crippen molar-refractivity contribution in [2.75, 3.05) is 6.61 Å². The molecular formula is C10H14N2O3. The van der Waals surface area contributed by atoms with Gasteiger partial charge in [-0.05, 0) is 19.4 Å². The van der Waals surface area contributed by atoms with Crippen LogP contribution in [0.4, 0.5) is 0 Å². The van der Waals surface area contributed by atoms with E-state index in [1.54, 1.807) is 19.1 Å². The van der Waals surface area contributed by atoms with Gasteiger partial charge in [0.2, 0.25) is 0 Å². The molecule has 0 unspecified atom stereocenters. The maximum absolute atomic E-state index is 10.8. The monoisotopic (exact) mass is 210 g/mol. The molecule has 0 aliphatic rings. The average molecular weight is 210 g/mol. The van der Waals surface area contributed by atoms with Gasteiger partial charge in [-0.25, -0.2) is 4.79 Å². The molecule has 1 aromatic rings. The fourth-order valence-corrected chi connectivity index (χ4v) is 1.23. The molecule has 1 heterocycles. The number of carboxylic acids is 1. The van der Waals surface area contributed by atoms with E-state index >= 15 is 0 Å². The summed E-state index contributed by atoms with van der Waals surface area (Å²) >= 11 is 0. The Hall–Kier alpha value is -1.62. The zero-order valence-corrected chi connectivity index (χ0v) is 8.55. The van der Waals surface area contributed by atoms with E-state index in [9.17, 15) is 4.79 Å². The van der Waals surface area contributed by atoms with Crippen LogP contribution in [-0.4, -0.2) is 32.6 Å². The third-order valence-electron chi connectivity index (χ3n) is 1.89. The first-order chi connectivity index (χ1) is 7.19. The Kier molecular flexibility index (Phi) is 4.05. The van der Waals surface area contributed by atoms with E-state index in [2.05, 4.69) is 5.10 Å². The van der Waals surface area contributed by atoms with E-state index in [4.69, 9.17) is 10.2 Å². The molecule has 15 heavy (non-hydrogen) atoms. The fourth-order valence-electron chi connectivity index (χ4n) is 1.23. The molecule has 0 bridgehead atoms. The van der Waals surface area contributed by atoms with Crippen molar-refractivity contribution in [3.8, 4) is 0 Å². The second-order valence-electron chi connectivity index (χ2n) is 3.07. The first-order valence-corrected chi connectivity index (χ1v) is 4.73. The number of aliphatic hydroxyl groups is 1. The van der Waals surface area contributed by atoms with Gasteiger partial charge in [-0.3, -0.25) is 4.68 Å². The lowest BCUT2D eigenvalue weighted by Gasteiger charge is -1.96. The number of aliphatic hydroxyl groups excluding tert-OH is 1. The number of aromatic nitrogens is 2. The highest BCUT2D eigenvalue weighted by Gasteiger charge is 2.12. The summed E-state index contributed by atoms with van der Waals surface area (Å²) in [5.41, 5.74) is 0.633. The standard InChI is InChI=1S/C10H14N2O3/c1-2-4-9-8(10(14)15)7-12(11-9)5-3-6-13/h2,4,7,13H,3,5-6H2,1H3,(H,14,15). The highest BCUT2D eigenvalue weighted by molar-refractivity contribution is 5.91. The van der Waals surface area contributed by atoms with Crippen molar-refractivity contribution in [2.24, 2.45) is 0 Å². The molecule has 0 aromatic carbocycles. The minimum absolute atomic E-state index is 0.0706. The second kappa shape index (κ2) is 5.31. The van der Waals surface area contributed by atoms with Crippen LogP contribution in [0.3, 0.4) is 0 Å². The lowest BCUT2D eigenvalue weighted by molar-refractivity contribution is 0.0696. The molecule has 0 spiro atoms. The number of aromatic carboxylic acids is 1. The molecule has 0 saturated heterocycles. The van der Waals surface area contributed by atoms with Crippen molar-refractivity contribution in [3.05, 3.63) is 23.5 Å². The third kappa shape index (κ3) is 2.92. The Morgan fingerprint density at radius 2 is 2.40 bits per heavy atom. The van der Waals surface area contributed by atoms with Gasteiger partial charge < -0.3 is 10.2 Å². The van der Waals surface area contributed by atoms with Gasteiger partial charge in [-0.1, -0.05) is 6.08 Å². The van der Waals surface area contributed by atoms with Crippen LogP contribution in [0, 0.1) is 0 Å². The fraction of sp³-hybridized carbons (Fsp3) is 0.400. The normalized spacial score (nSPS) is 11.1. The molecule has 0 saturated carbocycles. The van der Waals surface area contributed by atoms with Crippen molar-refractivity contribution >= 4 is 12.0 Å². The maximum Gasteiger partial charge on any atom is 0.339 e. The molecular weight excluding hydrogens is 196 g/mol. The van der Waals surface area contributed by atoms with Crippen LogP contribution in [-0.2, 0) is 6.54 Å². The van der Waals surface area contributed by atoms with Gasteiger partial charge in [-0.15, -0.1) is 0 Å². The number of aryl methyl sites for hydroxylation is 1. The van der Waals surface area contributed by atoms with E-state index in [0.717, 1.165) is 0 Å². The van der Waals surface area contributed by atoms with Crippen LogP contribution in [0.15, 0.2) is 12.3 Å². The van der Waals surface area contributed by atoms with E-state index < -0.39 is 5.97 Å². The van der Waals surface area contributed by atoms with Gasteiger partial charge in [0.25, 0.3) is 0 Å². The van der Waals surface area contributed by atoms with Crippen LogP contribution in [0.2, 0.25) is 0 Å². The number of allylic oxidation sites excluding steroid dienone is 1. The van der Waals surface area contributed by atoms with Crippen molar-refractivity contribution in [1.82, 2.24) is 9.78 Å². The molecule has 0 amide bonds. The Bertz CT molecular complexity index is 369. The van der Waals surface area contributed by atoms with E-state index in [1.165, 1.54) is 10.9 Å². The second-order valence-corrected chi connectivity index (χ2v) is 3.07. The lowest BCUT2D eigenvalue weighted by atomic mass is 10.2. The number of carboxylic acid groups (broad SMARTS) is 1. The van der Waals surface area contributed by atoms with E-state index in [0.29, 0.717) is 18.7 Å². The molecule has 82 valence electrons. The highest BCUT2D eigenvalue weighted by Crippen LogP contribution is 2.09. The Morgan fingerprint density at radius 3 is 2.93 bits per heavy atom. The summed E-state index contributed by atoms with van der Waals surface area (Å²) in [6, 6.07) is 0. The van der Waals surface area contributed by atoms with Crippen molar-refractivity contribution in [2.45, 2.75) is 19.9 Å². The van der Waals surface area contributed by atoms with Gasteiger partial charge in [0.05, 0.1) is 5.69 Å². The minimum Gasteiger partial charge on any atom is -0.478 e. The third-order valence-corrected chi connectivity index (χ3v) is 1.89. The van der Waals surface area contributed by atoms with Crippen LogP contribution < -0.4 is 0 Å². The molecule has 5 heteroatoms. The lowest BCUT2D eigenvalue weighted by Crippen LogP contribution is -2.00. The summed E-state index contributed by atoms with van der Waals surface area (Å²) in [6.07, 6.45) is 5.44. The van der Waals surface area contributed by atoms with Gasteiger partial charge in [0.1, 0.15) is 5.56 Å². The predicted octanol–water partition coefficient (Wildman–Crippen LogP) is 0.997. The zero-order valence-electron chi connectivity index (χ0n) is 8.55. The molecule has 0 aliphatic heterocycles. The molecule has 1 rings (SSSR count). The first-order valence-electron chi connectivity index (χ1n) is 4.73. The molecule has 0 aliphatic carbocycles. The number of nitrogens with zero attached hydrogens (tertiary/aromatic N) is 2. The summed E-state index contributed by atoms with van der Waals surface area (Å²) in [5, 5.41) is 21.6. The van der Waals surface area contributed by atoms with Gasteiger partial charge in [0.15, 0.2) is 0 Å². The van der Waals surface area contributed by atoms with E-state index in [-0.39, 0.29) is 12.2 Å². The predicted molar refractivity (Wildman–Crippen MR) is 55.6 cm³/mol. The van der Waals surface area contributed by atoms with Crippen LogP contribution >= 0.6 is 0 Å². The zero-order chi connectivity index (χ0) is 11.3. The molecule has 5 nitrogen and oxygen atoms in total. The summed E-state index contributed by atoms with van der Waals surface area (Å²) in [7, 11) is 0. The molecule has 2 N–H and O–H groups in total. The van der Waals surface area contributed by atoms with Gasteiger partial charge in [-0.2, -0.15) is 5.10 Å². The minimum atomic E-state index is -0.988. The average Bonchev–Trinajstić information content (AvgIpc) is 2.59. The summed E-state index contributed by atoms with van der Waals surface area (Å²) in [4.78, 5) is 10.8. The number of hydrogen-bond donors (Lipinski definition) is 2. The topological polar surface area (TPSA) is 75.3 Å². The largest absolute Gasteiger partial charge is 0.478 e. The van der Waals surface area contributed by atoms with Crippen LogP contribution in [0.1, 0.15) is 29.4 Å². The Balaban J connectivity index is 2.93. The number of hydrogen-bond acceptors (Lipinski definition) is 3. The Labute approximate surface area is 87.7 Å². The summed E-state index contributed by atoms with van der Waals surface area (Å²) in [5.74, 6) is -0.988. The summed E-state index contributed by atoms with van der Waals surface area (Å²) in [6.45, 7) is 2.40. The van der Waals surface area contributed by atoms with Gasteiger partial charge in [0, 0.05) is 19.3 Å². The highest BCUT2D eigenvalue weighted by atomic mass is 16.4. The smallest absolute Gasteiger partial charge is 0.339 e. The number of rotatable bonds is 5. The Morgan fingerprint density at radius 1 is 1.67 bits per heavy atom. The molecule has 1 aromatic heterocycles. The van der Waals surface area contributed by atoms with Crippen LogP contribution in [0.25, 0.3) is 6.08 Å². The van der Waals surface area contributed by atoms with Gasteiger partial charge >= 0.3 is 5.97 Å². The van der Waals surface area contributed by atoms with Crippen molar-refractivity contribution < 1.29 is 15.0 Å². The molecule has 0 atom stereocenters. The van der Waals surface area contributed by atoms with Crippen molar-refractivity contribution in [3.63, 3.8) is 0 Å². The molecule has 0 radical (unpaired) electrons. The summed E-state index contributed by atoms with van der Waals surface area (Å²) < 4.78 is 1.54. The van der Waals surface area contributed by atoms with E-state index in [1.807, 2.05) is 0 Å².